The first-order valence-corrected chi connectivity index (χ1v) is 11.6. The molecule has 2 amide bonds. The molecule has 1 aromatic heterocycles. The number of benzene rings is 2. The Balaban J connectivity index is 1.38. The van der Waals surface area contributed by atoms with Crippen LogP contribution in [0.3, 0.4) is 0 Å². The number of aliphatic carboxylic acids is 1. The molecule has 8 heteroatoms. The number of aromatic nitrogens is 1. The molecule has 0 spiro atoms. The highest BCUT2D eigenvalue weighted by Gasteiger charge is 2.29. The summed E-state index contributed by atoms with van der Waals surface area (Å²) in [5.74, 6) is -1.38. The van der Waals surface area contributed by atoms with Crippen molar-refractivity contribution in [3.63, 3.8) is 0 Å². The van der Waals surface area contributed by atoms with Crippen LogP contribution in [0.4, 0.5) is 10.6 Å². The van der Waals surface area contributed by atoms with Crippen molar-refractivity contribution < 1.29 is 24.2 Å². The van der Waals surface area contributed by atoms with Gasteiger partial charge in [-0.2, -0.15) is 0 Å². The number of nitrogens with one attached hydrogen (secondary N) is 2. The molecule has 3 aromatic rings. The molecular weight excluding hydrogens is 446 g/mol. The number of nitrogens with zero attached hydrogens (tertiary/aromatic N) is 1. The minimum atomic E-state index is -0.984. The van der Waals surface area contributed by atoms with Gasteiger partial charge in [-0.1, -0.05) is 67.9 Å². The smallest absolute Gasteiger partial charge is 0.412 e. The summed E-state index contributed by atoms with van der Waals surface area (Å²) in [6.07, 6.45) is 0.425. The normalized spacial score (nSPS) is 12.8. The second-order valence-electron chi connectivity index (χ2n) is 8.42. The van der Waals surface area contributed by atoms with Gasteiger partial charge >= 0.3 is 12.1 Å². The summed E-state index contributed by atoms with van der Waals surface area (Å²) in [5.41, 5.74) is 4.58. The summed E-state index contributed by atoms with van der Waals surface area (Å²) < 4.78 is 5.53. The molecule has 3 N–H and O–H groups in total. The Morgan fingerprint density at radius 3 is 2.26 bits per heavy atom. The maximum Gasteiger partial charge on any atom is 0.412 e. The van der Waals surface area contributed by atoms with E-state index < -0.39 is 24.0 Å². The predicted molar refractivity (Wildman–Crippen MR) is 131 cm³/mol. The molecule has 180 valence electrons. The monoisotopic (exact) mass is 473 g/mol. The maximum atomic E-state index is 12.6. The van der Waals surface area contributed by atoms with Crippen molar-refractivity contribution in [2.45, 2.75) is 38.1 Å². The van der Waals surface area contributed by atoms with E-state index in [1.165, 1.54) is 6.07 Å². The number of fused-ring (bicyclic) bond motifs is 3. The van der Waals surface area contributed by atoms with Gasteiger partial charge in [-0.05, 0) is 40.8 Å². The van der Waals surface area contributed by atoms with Crippen LogP contribution in [0, 0.1) is 0 Å². The zero-order valence-corrected chi connectivity index (χ0v) is 19.4. The molecule has 35 heavy (non-hydrogen) atoms. The van der Waals surface area contributed by atoms with E-state index in [4.69, 9.17) is 9.84 Å². The summed E-state index contributed by atoms with van der Waals surface area (Å²) in [6, 6.07) is 20.3. The van der Waals surface area contributed by atoms with Crippen LogP contribution in [0.5, 0.6) is 0 Å². The van der Waals surface area contributed by atoms with E-state index >= 15 is 0 Å². The summed E-state index contributed by atoms with van der Waals surface area (Å²) in [7, 11) is 0. The zero-order valence-electron chi connectivity index (χ0n) is 19.4. The number of amides is 2. The Morgan fingerprint density at radius 1 is 0.971 bits per heavy atom. The molecule has 1 aliphatic carbocycles. The van der Waals surface area contributed by atoms with Crippen LogP contribution in [0.2, 0.25) is 0 Å². The van der Waals surface area contributed by atoms with Gasteiger partial charge in [-0.25, -0.2) is 9.78 Å². The molecule has 0 aliphatic heterocycles. The van der Waals surface area contributed by atoms with E-state index in [1.807, 2.05) is 43.3 Å². The highest BCUT2D eigenvalue weighted by atomic mass is 16.5. The van der Waals surface area contributed by atoms with Gasteiger partial charge in [0.05, 0.1) is 6.42 Å². The van der Waals surface area contributed by atoms with E-state index in [2.05, 4.69) is 27.8 Å². The van der Waals surface area contributed by atoms with E-state index in [0.29, 0.717) is 6.42 Å². The van der Waals surface area contributed by atoms with Gasteiger partial charge in [-0.3, -0.25) is 14.9 Å². The van der Waals surface area contributed by atoms with Crippen LogP contribution in [0.15, 0.2) is 66.7 Å². The molecule has 0 bridgehead atoms. The maximum absolute atomic E-state index is 12.6. The molecule has 0 saturated carbocycles. The first-order chi connectivity index (χ1) is 17.0. The number of carbonyl (C=O) groups is 3. The van der Waals surface area contributed by atoms with Crippen LogP contribution in [-0.4, -0.2) is 40.7 Å². The second kappa shape index (κ2) is 10.8. The van der Waals surface area contributed by atoms with Crippen molar-refractivity contribution in [1.82, 2.24) is 10.3 Å². The van der Waals surface area contributed by atoms with E-state index in [-0.39, 0.29) is 30.5 Å². The number of rotatable bonds is 9. The lowest BCUT2D eigenvalue weighted by atomic mass is 9.98. The molecular formula is C27H27N3O5. The van der Waals surface area contributed by atoms with E-state index in [0.717, 1.165) is 28.7 Å². The summed E-state index contributed by atoms with van der Waals surface area (Å²) >= 11 is 0. The largest absolute Gasteiger partial charge is 0.481 e. The Morgan fingerprint density at radius 2 is 1.63 bits per heavy atom. The predicted octanol–water partition coefficient (Wildman–Crippen LogP) is 4.82. The molecule has 1 atom stereocenters. The van der Waals surface area contributed by atoms with Crippen LogP contribution in [0.25, 0.3) is 11.1 Å². The minimum Gasteiger partial charge on any atom is -0.481 e. The second-order valence-corrected chi connectivity index (χ2v) is 8.42. The molecule has 1 aliphatic rings. The molecule has 2 aromatic carbocycles. The van der Waals surface area contributed by atoms with Gasteiger partial charge in [-0.15, -0.1) is 0 Å². The Hall–Kier alpha value is -4.20. The third-order valence-corrected chi connectivity index (χ3v) is 5.95. The Labute approximate surface area is 203 Å². The van der Waals surface area contributed by atoms with Crippen molar-refractivity contribution in [2.24, 2.45) is 0 Å². The SMILES string of the molecule is CCCC(CC(=O)O)NC(=O)c1cccc(NC(=O)OCC2c3ccccc3-c3ccccc32)n1. The van der Waals surface area contributed by atoms with Gasteiger partial charge in [0.1, 0.15) is 18.1 Å². The fourth-order valence-electron chi connectivity index (χ4n) is 4.41. The lowest BCUT2D eigenvalue weighted by Crippen LogP contribution is -2.37. The van der Waals surface area contributed by atoms with E-state index in [1.54, 1.807) is 12.1 Å². The van der Waals surface area contributed by atoms with Crippen molar-refractivity contribution in [2.75, 3.05) is 11.9 Å². The first-order valence-electron chi connectivity index (χ1n) is 11.6. The van der Waals surface area contributed by atoms with Crippen molar-refractivity contribution in [3.05, 3.63) is 83.6 Å². The van der Waals surface area contributed by atoms with Gasteiger partial charge in [0, 0.05) is 12.0 Å². The molecule has 1 heterocycles. The zero-order chi connectivity index (χ0) is 24.8. The van der Waals surface area contributed by atoms with Gasteiger partial charge in [0.2, 0.25) is 0 Å². The molecule has 4 rings (SSSR count). The van der Waals surface area contributed by atoms with Gasteiger partial charge < -0.3 is 15.2 Å². The number of carboxylic acid groups (broad SMARTS) is 1. The molecule has 8 nitrogen and oxygen atoms in total. The lowest BCUT2D eigenvalue weighted by molar-refractivity contribution is -0.137. The van der Waals surface area contributed by atoms with Crippen molar-refractivity contribution >= 4 is 23.8 Å². The third-order valence-electron chi connectivity index (χ3n) is 5.95. The van der Waals surface area contributed by atoms with Crippen molar-refractivity contribution in [3.8, 4) is 11.1 Å². The molecule has 1 unspecified atom stereocenters. The van der Waals surface area contributed by atoms with Crippen LogP contribution in [0.1, 0.15) is 53.7 Å². The van der Waals surface area contributed by atoms with Gasteiger partial charge in [0.25, 0.3) is 5.91 Å². The number of anilines is 1. The summed E-state index contributed by atoms with van der Waals surface area (Å²) in [6.45, 7) is 2.08. The quantitative estimate of drug-likeness (QED) is 0.410. The standard InChI is InChI=1S/C27H27N3O5/c1-2-8-17(15-25(31)32)28-26(33)23-13-7-14-24(29-23)30-27(34)35-16-22-20-11-5-3-9-18(20)19-10-4-6-12-21(19)22/h3-7,9-14,17,22H,2,8,15-16H2,1H3,(H,28,33)(H,31,32)(H,29,30,34). The highest BCUT2D eigenvalue weighted by molar-refractivity contribution is 5.93. The molecule has 0 saturated heterocycles. The molecule has 0 fully saturated rings. The third kappa shape index (κ3) is 5.66. The number of hydrogen-bond acceptors (Lipinski definition) is 5. The van der Waals surface area contributed by atoms with Crippen LogP contribution < -0.4 is 10.6 Å². The average molecular weight is 474 g/mol. The topological polar surface area (TPSA) is 118 Å². The number of pyridine rings is 1. The minimum absolute atomic E-state index is 0.0667. The number of hydrogen-bond donors (Lipinski definition) is 3. The Kier molecular flexibility index (Phi) is 7.40. The highest BCUT2D eigenvalue weighted by Crippen LogP contribution is 2.44. The molecule has 0 radical (unpaired) electrons. The first kappa shape index (κ1) is 23.9. The van der Waals surface area contributed by atoms with Crippen LogP contribution in [-0.2, 0) is 9.53 Å². The van der Waals surface area contributed by atoms with Gasteiger partial charge in [0.15, 0.2) is 0 Å². The Bertz CT molecular complexity index is 1200. The fourth-order valence-corrected chi connectivity index (χ4v) is 4.41. The number of ether oxygens (including phenoxy) is 1. The average Bonchev–Trinajstić information content (AvgIpc) is 3.16. The number of carbonyl (C=O) groups excluding carboxylic acids is 2. The van der Waals surface area contributed by atoms with E-state index in [9.17, 15) is 14.4 Å². The number of carboxylic acids is 1. The summed E-state index contributed by atoms with van der Waals surface area (Å²) in [5, 5.41) is 14.3. The fraction of sp³-hybridized carbons (Fsp3) is 0.259. The lowest BCUT2D eigenvalue weighted by Gasteiger charge is -2.16. The van der Waals surface area contributed by atoms with Crippen molar-refractivity contribution in [1.29, 1.82) is 0 Å². The van der Waals surface area contributed by atoms with Crippen LogP contribution >= 0.6 is 0 Å². The summed E-state index contributed by atoms with van der Waals surface area (Å²) in [4.78, 5) is 40.3.